The van der Waals surface area contributed by atoms with Crippen molar-refractivity contribution in [2.24, 2.45) is 7.05 Å². The third-order valence-corrected chi connectivity index (χ3v) is 3.52. The fourth-order valence-corrected chi connectivity index (χ4v) is 2.27. The zero-order chi connectivity index (χ0) is 14.5. The van der Waals surface area contributed by atoms with Crippen LogP contribution in [0.2, 0.25) is 5.02 Å². The van der Waals surface area contributed by atoms with Gasteiger partial charge in [0, 0.05) is 7.05 Å². The number of hydrogen-bond acceptors (Lipinski definition) is 3. The minimum Gasteiger partial charge on any atom is -0.487 e. The van der Waals surface area contributed by atoms with Gasteiger partial charge in [-0.3, -0.25) is 4.68 Å². The molecule has 2 rings (SSSR count). The second-order valence-electron chi connectivity index (χ2n) is 4.45. The molecule has 0 bridgehead atoms. The van der Waals surface area contributed by atoms with E-state index in [1.807, 2.05) is 38.2 Å². The van der Waals surface area contributed by atoms with Gasteiger partial charge < -0.3 is 4.74 Å². The molecule has 0 aliphatic heterocycles. The molecule has 0 atom stereocenters. The number of halogens is 1. The first-order valence-corrected chi connectivity index (χ1v) is 6.82. The van der Waals surface area contributed by atoms with Crippen molar-refractivity contribution in [1.82, 2.24) is 9.78 Å². The van der Waals surface area contributed by atoms with Gasteiger partial charge in [-0.1, -0.05) is 30.7 Å². The Bertz CT molecular complexity index is 626. The zero-order valence-corrected chi connectivity index (χ0v) is 12.3. The zero-order valence-electron chi connectivity index (χ0n) is 11.6. The Morgan fingerprint density at radius 1 is 1.35 bits per heavy atom. The number of nitriles is 1. The summed E-state index contributed by atoms with van der Waals surface area (Å²) >= 11 is 6.26. The Morgan fingerprint density at radius 2 is 2.05 bits per heavy atom. The summed E-state index contributed by atoms with van der Waals surface area (Å²) in [5.41, 5.74) is 2.73. The maximum Gasteiger partial charge on any atom is 0.131 e. The molecule has 0 saturated heterocycles. The van der Waals surface area contributed by atoms with Gasteiger partial charge in [-0.15, -0.1) is 0 Å². The highest BCUT2D eigenvalue weighted by Crippen LogP contribution is 2.22. The van der Waals surface area contributed by atoms with E-state index in [4.69, 9.17) is 21.6 Å². The van der Waals surface area contributed by atoms with Crippen molar-refractivity contribution in [1.29, 1.82) is 5.26 Å². The second kappa shape index (κ2) is 6.44. The van der Waals surface area contributed by atoms with Crippen LogP contribution < -0.4 is 4.74 Å². The second-order valence-corrected chi connectivity index (χ2v) is 4.83. The van der Waals surface area contributed by atoms with Crippen LogP contribution in [0.3, 0.4) is 0 Å². The van der Waals surface area contributed by atoms with Crippen molar-refractivity contribution in [3.05, 3.63) is 46.2 Å². The lowest BCUT2D eigenvalue weighted by Gasteiger charge is -2.07. The van der Waals surface area contributed by atoms with E-state index in [1.54, 1.807) is 4.68 Å². The summed E-state index contributed by atoms with van der Waals surface area (Å²) in [6.45, 7) is 2.40. The van der Waals surface area contributed by atoms with Crippen LogP contribution in [0.1, 0.15) is 23.9 Å². The molecule has 0 amide bonds. The monoisotopic (exact) mass is 289 g/mol. The Balaban J connectivity index is 2.05. The lowest BCUT2D eigenvalue weighted by molar-refractivity contribution is 0.295. The number of aromatic nitrogens is 2. The van der Waals surface area contributed by atoms with Crippen LogP contribution in [-0.2, 0) is 26.5 Å². The third kappa shape index (κ3) is 3.12. The van der Waals surface area contributed by atoms with Gasteiger partial charge in [0.1, 0.15) is 12.4 Å². The van der Waals surface area contributed by atoms with Gasteiger partial charge >= 0.3 is 0 Å². The van der Waals surface area contributed by atoms with Gasteiger partial charge in [0.05, 0.1) is 28.9 Å². The molecule has 0 fully saturated rings. The Hall–Kier alpha value is -1.99. The summed E-state index contributed by atoms with van der Waals surface area (Å²) in [5, 5.41) is 13.6. The molecule has 4 nitrogen and oxygen atoms in total. The summed E-state index contributed by atoms with van der Waals surface area (Å²) in [4.78, 5) is 0. The SMILES string of the molecule is CCc1nn(C)c(COc2ccc(CC#N)cc2)c1Cl. The van der Waals surface area contributed by atoms with Crippen molar-refractivity contribution >= 4 is 11.6 Å². The molecule has 1 aromatic heterocycles. The fourth-order valence-electron chi connectivity index (χ4n) is 1.92. The van der Waals surface area contributed by atoms with E-state index in [9.17, 15) is 0 Å². The average molecular weight is 290 g/mol. The summed E-state index contributed by atoms with van der Waals surface area (Å²) in [7, 11) is 1.86. The predicted molar refractivity (Wildman–Crippen MR) is 77.7 cm³/mol. The molecular formula is C15H16ClN3O. The molecule has 0 spiro atoms. The first-order valence-electron chi connectivity index (χ1n) is 6.44. The Morgan fingerprint density at radius 3 is 2.60 bits per heavy atom. The summed E-state index contributed by atoms with van der Waals surface area (Å²) in [6.07, 6.45) is 1.21. The largest absolute Gasteiger partial charge is 0.487 e. The van der Waals surface area contributed by atoms with Gasteiger partial charge in [0.2, 0.25) is 0 Å². The van der Waals surface area contributed by atoms with Crippen LogP contribution in [0.5, 0.6) is 5.75 Å². The third-order valence-electron chi connectivity index (χ3n) is 3.09. The molecule has 5 heteroatoms. The molecule has 0 aliphatic carbocycles. The van der Waals surface area contributed by atoms with Gasteiger partial charge in [-0.2, -0.15) is 10.4 Å². The van der Waals surface area contributed by atoms with Crippen LogP contribution in [0.4, 0.5) is 0 Å². The van der Waals surface area contributed by atoms with E-state index in [-0.39, 0.29) is 0 Å². The van der Waals surface area contributed by atoms with E-state index < -0.39 is 0 Å². The average Bonchev–Trinajstić information content (AvgIpc) is 2.73. The molecule has 2 aromatic rings. The highest BCUT2D eigenvalue weighted by atomic mass is 35.5. The van der Waals surface area contributed by atoms with E-state index in [0.717, 1.165) is 29.1 Å². The van der Waals surface area contributed by atoms with Crippen molar-refractivity contribution in [2.75, 3.05) is 0 Å². The highest BCUT2D eigenvalue weighted by molar-refractivity contribution is 6.31. The molecule has 0 N–H and O–H groups in total. The normalized spacial score (nSPS) is 10.3. The van der Waals surface area contributed by atoms with E-state index >= 15 is 0 Å². The van der Waals surface area contributed by atoms with Gasteiger partial charge in [-0.05, 0) is 24.1 Å². The molecule has 0 radical (unpaired) electrons. The van der Waals surface area contributed by atoms with Gasteiger partial charge in [0.15, 0.2) is 0 Å². The first-order chi connectivity index (χ1) is 9.65. The van der Waals surface area contributed by atoms with Crippen molar-refractivity contribution in [3.8, 4) is 11.8 Å². The molecule has 20 heavy (non-hydrogen) atoms. The molecule has 0 unspecified atom stereocenters. The van der Waals surface area contributed by atoms with E-state index in [1.165, 1.54) is 0 Å². The molecule has 104 valence electrons. The van der Waals surface area contributed by atoms with Crippen LogP contribution >= 0.6 is 11.6 Å². The minimum absolute atomic E-state index is 0.375. The van der Waals surface area contributed by atoms with E-state index in [0.29, 0.717) is 18.1 Å². The maximum absolute atomic E-state index is 8.62. The minimum atomic E-state index is 0.375. The van der Waals surface area contributed by atoms with Crippen molar-refractivity contribution in [2.45, 2.75) is 26.4 Å². The predicted octanol–water partition coefficient (Wildman–Crippen LogP) is 3.28. The standard InChI is InChI=1S/C15H16ClN3O/c1-3-13-15(16)14(19(2)18-13)10-20-12-6-4-11(5-7-12)8-9-17/h4-7H,3,8,10H2,1-2H3. The summed E-state index contributed by atoms with van der Waals surface area (Å²) in [5.74, 6) is 0.752. The molecule has 0 aliphatic rings. The number of aryl methyl sites for hydroxylation is 2. The topological polar surface area (TPSA) is 50.8 Å². The Labute approximate surface area is 123 Å². The maximum atomic E-state index is 8.62. The van der Waals surface area contributed by atoms with Gasteiger partial charge in [-0.25, -0.2) is 0 Å². The number of nitrogens with zero attached hydrogens (tertiary/aromatic N) is 3. The molecule has 1 aromatic carbocycles. The molecular weight excluding hydrogens is 274 g/mol. The van der Waals surface area contributed by atoms with E-state index in [2.05, 4.69) is 11.2 Å². The number of hydrogen-bond donors (Lipinski definition) is 0. The molecule has 0 saturated carbocycles. The summed E-state index contributed by atoms with van der Waals surface area (Å²) in [6, 6.07) is 9.61. The van der Waals surface area contributed by atoms with Gasteiger partial charge in [0.25, 0.3) is 0 Å². The smallest absolute Gasteiger partial charge is 0.131 e. The van der Waals surface area contributed by atoms with Crippen LogP contribution in [0.15, 0.2) is 24.3 Å². The number of ether oxygens (including phenoxy) is 1. The first kappa shape index (κ1) is 14.4. The van der Waals surface area contributed by atoms with Crippen LogP contribution in [0, 0.1) is 11.3 Å². The van der Waals surface area contributed by atoms with Crippen LogP contribution in [0.25, 0.3) is 0 Å². The van der Waals surface area contributed by atoms with Crippen LogP contribution in [-0.4, -0.2) is 9.78 Å². The highest BCUT2D eigenvalue weighted by Gasteiger charge is 2.13. The Kier molecular flexibility index (Phi) is 4.65. The van der Waals surface area contributed by atoms with Crippen molar-refractivity contribution in [3.63, 3.8) is 0 Å². The lowest BCUT2D eigenvalue weighted by Crippen LogP contribution is -2.03. The molecule has 1 heterocycles. The number of rotatable bonds is 5. The summed E-state index contributed by atoms with van der Waals surface area (Å²) < 4.78 is 7.47. The van der Waals surface area contributed by atoms with Crippen molar-refractivity contribution < 1.29 is 4.74 Å². The quantitative estimate of drug-likeness (QED) is 0.849. The lowest BCUT2D eigenvalue weighted by atomic mass is 10.2. The fraction of sp³-hybridized carbons (Fsp3) is 0.333. The number of benzene rings is 1.